The molecule has 5 aromatic carbocycles. The topological polar surface area (TPSA) is 6.48 Å². The van der Waals surface area contributed by atoms with E-state index < -0.39 is 0 Å². The second-order valence-electron chi connectivity index (χ2n) is 12.4. The fourth-order valence-corrected chi connectivity index (χ4v) is 5.33. The fourth-order valence-electron chi connectivity index (χ4n) is 5.33. The van der Waals surface area contributed by atoms with Crippen LogP contribution in [0.1, 0.15) is 65.5 Å². The lowest BCUT2D eigenvalue weighted by molar-refractivity contribution is 0.506. The van der Waals surface area contributed by atoms with Crippen LogP contribution in [-0.4, -0.2) is 0 Å². The van der Waals surface area contributed by atoms with Gasteiger partial charge in [-0.2, -0.15) is 0 Å². The molecule has 0 aliphatic rings. The van der Waals surface area contributed by atoms with Gasteiger partial charge in [0.1, 0.15) is 0 Å². The van der Waals surface area contributed by atoms with Gasteiger partial charge in [0.15, 0.2) is 0 Å². The third kappa shape index (κ3) is 6.14. The van der Waals surface area contributed by atoms with Crippen molar-refractivity contribution in [2.75, 3.05) is 9.80 Å². The van der Waals surface area contributed by atoms with Crippen LogP contribution in [0.15, 0.2) is 133 Å². The lowest BCUT2D eigenvalue weighted by Crippen LogP contribution is -2.16. The third-order valence-electron chi connectivity index (χ3n) is 8.98. The number of hydrogen-bond acceptors (Lipinski definition) is 2. The summed E-state index contributed by atoms with van der Waals surface area (Å²) in [5.74, 6) is 0. The first-order chi connectivity index (χ1) is 20.2. The van der Waals surface area contributed by atoms with Gasteiger partial charge < -0.3 is 9.80 Å². The zero-order chi connectivity index (χ0) is 29.7. The van der Waals surface area contributed by atoms with Crippen molar-refractivity contribution in [2.45, 2.75) is 65.2 Å². The van der Waals surface area contributed by atoms with Crippen LogP contribution in [0.4, 0.5) is 34.1 Å². The minimum atomic E-state index is 0.156. The maximum Gasteiger partial charge on any atom is 0.0463 e. The largest absolute Gasteiger partial charge is 0.311 e. The van der Waals surface area contributed by atoms with E-state index in [1.807, 2.05) is 0 Å². The monoisotopic (exact) mass is 552 g/mol. The van der Waals surface area contributed by atoms with Crippen molar-refractivity contribution in [1.82, 2.24) is 0 Å². The predicted molar refractivity (Wildman–Crippen MR) is 182 cm³/mol. The normalized spacial score (nSPS) is 11.8. The van der Waals surface area contributed by atoms with Crippen LogP contribution >= 0.6 is 0 Å². The SMILES string of the molecule is CCC(C)(C)c1ccc(N(c2ccccc2)c2ccc(N(c3ccccc3)c3ccc(C(C)(C)CC)cc3)cc2)cc1. The molecule has 0 saturated carbocycles. The fraction of sp³-hybridized carbons (Fsp3) is 0.250. The zero-order valence-corrected chi connectivity index (χ0v) is 26.0. The molecule has 2 nitrogen and oxygen atoms in total. The molecule has 5 aromatic rings. The van der Waals surface area contributed by atoms with Crippen LogP contribution in [0.5, 0.6) is 0 Å². The molecule has 0 radical (unpaired) electrons. The molecule has 0 saturated heterocycles. The van der Waals surface area contributed by atoms with Gasteiger partial charge in [0.2, 0.25) is 0 Å². The molecular formula is C40H44N2. The molecule has 0 bridgehead atoms. The molecule has 214 valence electrons. The van der Waals surface area contributed by atoms with Crippen LogP contribution in [0.2, 0.25) is 0 Å². The van der Waals surface area contributed by atoms with E-state index >= 15 is 0 Å². The van der Waals surface area contributed by atoms with Gasteiger partial charge in [0.25, 0.3) is 0 Å². The lowest BCUT2D eigenvalue weighted by Gasteiger charge is -2.30. The highest BCUT2D eigenvalue weighted by atomic mass is 15.2. The van der Waals surface area contributed by atoms with Crippen molar-refractivity contribution in [3.05, 3.63) is 145 Å². The Kier molecular flexibility index (Phi) is 8.54. The van der Waals surface area contributed by atoms with Gasteiger partial charge in [-0.3, -0.25) is 0 Å². The number of anilines is 6. The number of para-hydroxylation sites is 2. The lowest BCUT2D eigenvalue weighted by atomic mass is 9.82. The van der Waals surface area contributed by atoms with Crippen LogP contribution in [0.25, 0.3) is 0 Å². The maximum absolute atomic E-state index is 2.33. The standard InChI is InChI=1S/C40H44N2/c1-7-39(3,4)31-19-23-35(24-20-31)41(33-15-11-9-12-16-33)37-27-29-38(30-28-37)42(34-17-13-10-14-18-34)36-25-21-32(22-26-36)40(5,6)8-2/h9-30H,7-8H2,1-6H3. The Morgan fingerprint density at radius 2 is 0.595 bits per heavy atom. The number of benzene rings is 5. The molecule has 0 aliphatic carbocycles. The Hall–Kier alpha value is -4.30. The quantitative estimate of drug-likeness (QED) is 0.170. The van der Waals surface area contributed by atoms with Crippen molar-refractivity contribution in [3.8, 4) is 0 Å². The summed E-state index contributed by atoms with van der Waals surface area (Å²) in [5.41, 5.74) is 9.88. The van der Waals surface area contributed by atoms with E-state index in [9.17, 15) is 0 Å². The summed E-state index contributed by atoms with van der Waals surface area (Å²) in [7, 11) is 0. The summed E-state index contributed by atoms with van der Waals surface area (Å²) in [6, 6.07) is 48.3. The van der Waals surface area contributed by atoms with Crippen LogP contribution < -0.4 is 9.80 Å². The van der Waals surface area contributed by atoms with Gasteiger partial charge in [-0.25, -0.2) is 0 Å². The van der Waals surface area contributed by atoms with E-state index in [1.54, 1.807) is 0 Å². The predicted octanol–water partition coefficient (Wildman–Crippen LogP) is 12.0. The molecule has 0 N–H and O–H groups in total. The van der Waals surface area contributed by atoms with Gasteiger partial charge in [0, 0.05) is 34.1 Å². The summed E-state index contributed by atoms with van der Waals surface area (Å²) in [6.07, 6.45) is 2.21. The second-order valence-corrected chi connectivity index (χ2v) is 12.4. The zero-order valence-electron chi connectivity index (χ0n) is 26.0. The van der Waals surface area contributed by atoms with Gasteiger partial charge in [-0.05, 0) is 108 Å². The maximum atomic E-state index is 2.33. The summed E-state index contributed by atoms with van der Waals surface area (Å²) in [4.78, 5) is 4.67. The van der Waals surface area contributed by atoms with Crippen molar-refractivity contribution >= 4 is 34.1 Å². The Morgan fingerprint density at radius 1 is 0.357 bits per heavy atom. The van der Waals surface area contributed by atoms with E-state index in [4.69, 9.17) is 0 Å². The van der Waals surface area contributed by atoms with E-state index in [-0.39, 0.29) is 10.8 Å². The van der Waals surface area contributed by atoms with Gasteiger partial charge in [0.05, 0.1) is 0 Å². The van der Waals surface area contributed by atoms with Gasteiger partial charge >= 0.3 is 0 Å². The smallest absolute Gasteiger partial charge is 0.0463 e. The molecule has 2 heteroatoms. The molecule has 0 heterocycles. The highest BCUT2D eigenvalue weighted by Crippen LogP contribution is 2.40. The highest BCUT2D eigenvalue weighted by molar-refractivity contribution is 5.81. The van der Waals surface area contributed by atoms with Crippen molar-refractivity contribution in [2.24, 2.45) is 0 Å². The van der Waals surface area contributed by atoms with E-state index in [0.717, 1.165) is 47.0 Å². The van der Waals surface area contributed by atoms with Crippen molar-refractivity contribution in [3.63, 3.8) is 0 Å². The Balaban J connectivity index is 1.54. The first-order valence-corrected chi connectivity index (χ1v) is 15.2. The van der Waals surface area contributed by atoms with Crippen molar-refractivity contribution < 1.29 is 0 Å². The number of rotatable bonds is 10. The molecule has 0 unspecified atom stereocenters. The summed E-state index contributed by atoms with van der Waals surface area (Å²) in [5, 5.41) is 0. The Morgan fingerprint density at radius 3 is 0.857 bits per heavy atom. The average molecular weight is 553 g/mol. The summed E-state index contributed by atoms with van der Waals surface area (Å²) >= 11 is 0. The van der Waals surface area contributed by atoms with Gasteiger partial charge in [-0.1, -0.05) is 102 Å². The molecule has 0 amide bonds. The third-order valence-corrected chi connectivity index (χ3v) is 8.98. The molecule has 0 fully saturated rings. The first kappa shape index (κ1) is 29.2. The number of nitrogens with zero attached hydrogens (tertiary/aromatic N) is 2. The average Bonchev–Trinajstić information content (AvgIpc) is 3.04. The van der Waals surface area contributed by atoms with Crippen molar-refractivity contribution in [1.29, 1.82) is 0 Å². The van der Waals surface area contributed by atoms with Gasteiger partial charge in [-0.15, -0.1) is 0 Å². The first-order valence-electron chi connectivity index (χ1n) is 15.2. The Labute approximate surface area is 253 Å². The van der Waals surface area contributed by atoms with E-state index in [1.165, 1.54) is 11.1 Å². The van der Waals surface area contributed by atoms with Crippen LogP contribution in [0.3, 0.4) is 0 Å². The Bertz CT molecular complexity index is 1430. The number of hydrogen-bond donors (Lipinski definition) is 0. The molecule has 0 atom stereocenters. The molecule has 0 aromatic heterocycles. The summed E-state index contributed by atoms with van der Waals surface area (Å²) in [6.45, 7) is 13.8. The van der Waals surface area contributed by atoms with E-state index in [2.05, 4.69) is 185 Å². The molecule has 0 spiro atoms. The summed E-state index contributed by atoms with van der Waals surface area (Å²) < 4.78 is 0. The second kappa shape index (κ2) is 12.3. The minimum Gasteiger partial charge on any atom is -0.311 e. The highest BCUT2D eigenvalue weighted by Gasteiger charge is 2.21. The molecule has 42 heavy (non-hydrogen) atoms. The van der Waals surface area contributed by atoms with Crippen LogP contribution in [-0.2, 0) is 10.8 Å². The molecule has 0 aliphatic heterocycles. The van der Waals surface area contributed by atoms with Crippen LogP contribution in [0, 0.1) is 0 Å². The molecular weight excluding hydrogens is 508 g/mol. The minimum absolute atomic E-state index is 0.156. The molecule has 5 rings (SSSR count). The van der Waals surface area contributed by atoms with E-state index in [0.29, 0.717) is 0 Å².